The average Bonchev–Trinajstić information content (AvgIpc) is 2.73. The summed E-state index contributed by atoms with van der Waals surface area (Å²) in [4.78, 5) is 15.1. The molecule has 1 atom stereocenters. The van der Waals surface area contributed by atoms with Crippen LogP contribution in [0.1, 0.15) is 18.9 Å². The summed E-state index contributed by atoms with van der Waals surface area (Å²) in [5, 5.41) is 7.10. The summed E-state index contributed by atoms with van der Waals surface area (Å²) in [5.74, 6) is 1.39. The number of guanidine groups is 1. The number of amides is 1. The Morgan fingerprint density at radius 2 is 2.00 bits per heavy atom. The molecule has 0 saturated carbocycles. The van der Waals surface area contributed by atoms with Crippen molar-refractivity contribution in [3.63, 3.8) is 0 Å². The molecule has 7 nitrogen and oxygen atoms in total. The van der Waals surface area contributed by atoms with Crippen LogP contribution in [0.15, 0.2) is 53.5 Å². The number of nitrogens with one attached hydrogen (secondary N) is 2. The molecular weight excluding hydrogens is 392 g/mol. The average molecular weight is 419 g/mol. The topological polar surface area (TPSA) is 98.0 Å². The van der Waals surface area contributed by atoms with Crippen LogP contribution in [0.25, 0.3) is 0 Å². The number of primary amides is 1. The summed E-state index contributed by atoms with van der Waals surface area (Å²) in [6.07, 6.45) is 0.757. The first kappa shape index (κ1) is 22.4. The van der Waals surface area contributed by atoms with Crippen LogP contribution in [-0.4, -0.2) is 38.2 Å². The number of nitrogens with two attached hydrogens (primary N) is 1. The molecule has 0 fully saturated rings. The van der Waals surface area contributed by atoms with Crippen molar-refractivity contribution in [1.29, 1.82) is 0 Å². The molecule has 29 heavy (non-hydrogen) atoms. The molecule has 1 amide bonds. The number of hydrogen-bond donors (Lipinski definition) is 3. The second-order valence-electron chi connectivity index (χ2n) is 6.29. The predicted octanol–water partition coefficient (Wildman–Crippen LogP) is 2.73. The van der Waals surface area contributed by atoms with Gasteiger partial charge in [0.2, 0.25) is 0 Å². The van der Waals surface area contributed by atoms with Gasteiger partial charge in [-0.25, -0.2) is 0 Å². The lowest BCUT2D eigenvalue weighted by molar-refractivity contribution is -0.119. The second kappa shape index (κ2) is 11.8. The van der Waals surface area contributed by atoms with Crippen molar-refractivity contribution in [3.05, 3.63) is 59.1 Å². The molecule has 2 rings (SSSR count). The zero-order valence-corrected chi connectivity index (χ0v) is 17.4. The fourth-order valence-electron chi connectivity index (χ4n) is 2.51. The third-order valence-electron chi connectivity index (χ3n) is 4.05. The van der Waals surface area contributed by atoms with Gasteiger partial charge in [-0.2, -0.15) is 0 Å². The highest BCUT2D eigenvalue weighted by molar-refractivity contribution is 6.32. The molecular formula is C21H27ClN4O3. The first-order valence-corrected chi connectivity index (χ1v) is 9.75. The van der Waals surface area contributed by atoms with Crippen molar-refractivity contribution >= 4 is 23.5 Å². The third kappa shape index (κ3) is 7.91. The summed E-state index contributed by atoms with van der Waals surface area (Å²) in [6.45, 7) is 3.01. The van der Waals surface area contributed by atoms with Crippen LogP contribution in [0, 0.1) is 0 Å². The van der Waals surface area contributed by atoms with E-state index in [-0.39, 0.29) is 12.7 Å². The van der Waals surface area contributed by atoms with Crippen molar-refractivity contribution in [2.45, 2.75) is 26.0 Å². The Kier molecular flexibility index (Phi) is 9.11. The number of para-hydroxylation sites is 1. The van der Waals surface area contributed by atoms with Gasteiger partial charge < -0.3 is 25.8 Å². The Morgan fingerprint density at radius 3 is 2.69 bits per heavy atom. The molecule has 0 aliphatic rings. The van der Waals surface area contributed by atoms with Gasteiger partial charge in [0.1, 0.15) is 17.6 Å². The minimum Gasteiger partial charge on any atom is -0.487 e. The van der Waals surface area contributed by atoms with Crippen LogP contribution < -0.4 is 25.8 Å². The van der Waals surface area contributed by atoms with E-state index < -0.39 is 5.91 Å². The molecule has 0 aliphatic carbocycles. The van der Waals surface area contributed by atoms with Gasteiger partial charge in [0.15, 0.2) is 12.6 Å². The lowest BCUT2D eigenvalue weighted by Crippen LogP contribution is -2.42. The monoisotopic (exact) mass is 418 g/mol. The van der Waals surface area contributed by atoms with E-state index >= 15 is 0 Å². The quantitative estimate of drug-likeness (QED) is 0.407. The van der Waals surface area contributed by atoms with Gasteiger partial charge in [0.25, 0.3) is 5.91 Å². The van der Waals surface area contributed by atoms with Crippen molar-refractivity contribution in [3.8, 4) is 11.5 Å². The van der Waals surface area contributed by atoms with Gasteiger partial charge in [0.05, 0.1) is 11.6 Å². The van der Waals surface area contributed by atoms with E-state index in [0.717, 1.165) is 12.0 Å². The molecule has 0 heterocycles. The third-order valence-corrected chi connectivity index (χ3v) is 4.36. The minimum absolute atomic E-state index is 0.0565. The lowest BCUT2D eigenvalue weighted by Gasteiger charge is -2.20. The molecule has 2 aromatic rings. The van der Waals surface area contributed by atoms with Crippen LogP contribution in [-0.2, 0) is 11.3 Å². The van der Waals surface area contributed by atoms with Gasteiger partial charge in [-0.3, -0.25) is 9.79 Å². The fraction of sp³-hybridized carbons (Fsp3) is 0.333. The van der Waals surface area contributed by atoms with Gasteiger partial charge >= 0.3 is 0 Å². The lowest BCUT2D eigenvalue weighted by atomic mass is 10.2. The molecule has 0 spiro atoms. The standard InChI is InChI=1S/C21H27ClN4O3/c1-3-16(29-19-10-5-4-9-18(19)22)13-26-21(24-2)25-12-15-7-6-8-17(11-15)28-14-20(23)27/h4-11,16H,3,12-14H2,1-2H3,(H2,23,27)(H2,24,25,26). The van der Waals surface area contributed by atoms with Gasteiger partial charge in [-0.15, -0.1) is 0 Å². The van der Waals surface area contributed by atoms with E-state index in [9.17, 15) is 4.79 Å². The smallest absolute Gasteiger partial charge is 0.255 e. The van der Waals surface area contributed by atoms with E-state index in [2.05, 4.69) is 22.5 Å². The molecule has 0 radical (unpaired) electrons. The number of aliphatic imine (C=N–C) groups is 1. The largest absolute Gasteiger partial charge is 0.487 e. The maximum atomic E-state index is 10.8. The zero-order chi connectivity index (χ0) is 21.1. The molecule has 0 saturated heterocycles. The van der Waals surface area contributed by atoms with Crippen LogP contribution in [0.5, 0.6) is 11.5 Å². The maximum absolute atomic E-state index is 10.8. The van der Waals surface area contributed by atoms with Gasteiger partial charge in [0, 0.05) is 13.6 Å². The first-order chi connectivity index (χ1) is 14.0. The number of carbonyl (C=O) groups excluding carboxylic acids is 1. The van der Waals surface area contributed by atoms with E-state index in [1.807, 2.05) is 36.4 Å². The minimum atomic E-state index is -0.511. The summed E-state index contributed by atoms with van der Waals surface area (Å²) >= 11 is 6.17. The SMILES string of the molecule is CCC(CNC(=NC)NCc1cccc(OCC(N)=O)c1)Oc1ccccc1Cl. The van der Waals surface area contributed by atoms with E-state index in [0.29, 0.717) is 35.6 Å². The fourth-order valence-corrected chi connectivity index (χ4v) is 2.69. The molecule has 0 aromatic heterocycles. The molecule has 1 unspecified atom stereocenters. The molecule has 156 valence electrons. The Morgan fingerprint density at radius 1 is 1.21 bits per heavy atom. The normalized spacial score (nSPS) is 12.2. The molecule has 2 aromatic carbocycles. The number of hydrogen-bond acceptors (Lipinski definition) is 4. The summed E-state index contributed by atoms with van der Waals surface area (Å²) < 4.78 is 11.3. The Hall–Kier alpha value is -2.93. The Balaban J connectivity index is 1.85. The second-order valence-corrected chi connectivity index (χ2v) is 6.69. The highest BCUT2D eigenvalue weighted by Gasteiger charge is 2.11. The van der Waals surface area contributed by atoms with E-state index in [4.69, 9.17) is 26.8 Å². The maximum Gasteiger partial charge on any atom is 0.255 e. The number of halogens is 1. The van der Waals surface area contributed by atoms with Crippen LogP contribution in [0.3, 0.4) is 0 Å². The number of rotatable bonds is 10. The van der Waals surface area contributed by atoms with Crippen molar-refractivity contribution in [1.82, 2.24) is 10.6 Å². The molecule has 8 heteroatoms. The first-order valence-electron chi connectivity index (χ1n) is 9.37. The number of benzene rings is 2. The number of ether oxygens (including phenoxy) is 2. The van der Waals surface area contributed by atoms with Crippen LogP contribution >= 0.6 is 11.6 Å². The van der Waals surface area contributed by atoms with Gasteiger partial charge in [-0.1, -0.05) is 42.8 Å². The van der Waals surface area contributed by atoms with Gasteiger partial charge in [-0.05, 0) is 36.2 Å². The highest BCUT2D eigenvalue weighted by atomic mass is 35.5. The summed E-state index contributed by atoms with van der Waals surface area (Å²) in [5.41, 5.74) is 6.08. The zero-order valence-electron chi connectivity index (χ0n) is 16.7. The van der Waals surface area contributed by atoms with E-state index in [1.165, 1.54) is 0 Å². The number of nitrogens with zero attached hydrogens (tertiary/aromatic N) is 1. The van der Waals surface area contributed by atoms with Crippen LogP contribution in [0.4, 0.5) is 0 Å². The predicted molar refractivity (Wildman–Crippen MR) is 115 cm³/mol. The highest BCUT2D eigenvalue weighted by Crippen LogP contribution is 2.24. The van der Waals surface area contributed by atoms with Crippen molar-refractivity contribution in [2.75, 3.05) is 20.2 Å². The van der Waals surface area contributed by atoms with E-state index in [1.54, 1.807) is 19.2 Å². The summed E-state index contributed by atoms with van der Waals surface area (Å²) in [6, 6.07) is 14.8. The summed E-state index contributed by atoms with van der Waals surface area (Å²) in [7, 11) is 1.71. The Bertz CT molecular complexity index is 829. The van der Waals surface area contributed by atoms with Crippen molar-refractivity contribution in [2.24, 2.45) is 10.7 Å². The Labute approximate surface area is 176 Å². The molecule has 0 aliphatic heterocycles. The number of carbonyl (C=O) groups is 1. The van der Waals surface area contributed by atoms with Crippen LogP contribution in [0.2, 0.25) is 5.02 Å². The molecule has 4 N–H and O–H groups in total. The molecule has 0 bridgehead atoms. The van der Waals surface area contributed by atoms with Crippen molar-refractivity contribution < 1.29 is 14.3 Å².